The normalized spacial score (nSPS) is 20.4. The maximum absolute atomic E-state index is 12.7. The summed E-state index contributed by atoms with van der Waals surface area (Å²) in [6.07, 6.45) is 1.98. The lowest BCUT2D eigenvalue weighted by Gasteiger charge is -2.47. The van der Waals surface area contributed by atoms with E-state index in [9.17, 15) is 14.4 Å². The minimum atomic E-state index is -0.833. The van der Waals surface area contributed by atoms with Crippen molar-refractivity contribution in [3.05, 3.63) is 70.1 Å². The van der Waals surface area contributed by atoms with Crippen molar-refractivity contribution >= 4 is 17.8 Å². The molecule has 34 heavy (non-hydrogen) atoms. The Morgan fingerprint density at radius 3 is 2.47 bits per heavy atom. The van der Waals surface area contributed by atoms with Gasteiger partial charge in [-0.15, -0.1) is 0 Å². The first-order valence-corrected chi connectivity index (χ1v) is 11.5. The number of pyridine rings is 1. The summed E-state index contributed by atoms with van der Waals surface area (Å²) in [5.41, 5.74) is 7.60. The molecule has 3 heterocycles. The van der Waals surface area contributed by atoms with Crippen LogP contribution in [0.25, 0.3) is 0 Å². The number of carbonyl (C=O) groups excluding carboxylic acids is 2. The summed E-state index contributed by atoms with van der Waals surface area (Å²) in [6.45, 7) is 2.61. The van der Waals surface area contributed by atoms with Gasteiger partial charge < -0.3 is 25.6 Å². The summed E-state index contributed by atoms with van der Waals surface area (Å²) < 4.78 is 1.83. The fraction of sp³-hybridized carbons (Fsp3) is 0.440. The van der Waals surface area contributed by atoms with Crippen LogP contribution in [0.4, 0.5) is 0 Å². The van der Waals surface area contributed by atoms with Crippen LogP contribution in [-0.4, -0.2) is 58.5 Å². The van der Waals surface area contributed by atoms with Crippen molar-refractivity contribution in [2.45, 2.75) is 38.1 Å². The molecule has 2 aromatic rings. The standard InChI is InChI=1S/C23H28N4O3.C2H4O2/c24-12-23(30)26-14-17-11-18(15-26)20(27-19(17)7-4-8-22(27)29)13-25-21(28)10-9-16-5-2-1-3-6-16;1-2(3)4/h1-8,17-18,20H,9-15,24H2,(H,25,28);1H3,(H,3,4)/t17-,18+,20+;/m1./s1. The van der Waals surface area contributed by atoms with E-state index < -0.39 is 5.97 Å². The first-order chi connectivity index (χ1) is 16.3. The van der Waals surface area contributed by atoms with Crippen LogP contribution < -0.4 is 16.6 Å². The van der Waals surface area contributed by atoms with Crippen molar-refractivity contribution in [2.75, 3.05) is 26.2 Å². The van der Waals surface area contributed by atoms with E-state index in [1.807, 2.05) is 45.9 Å². The van der Waals surface area contributed by atoms with Crippen LogP contribution in [0, 0.1) is 5.92 Å². The quantitative estimate of drug-likeness (QED) is 0.582. The molecular weight excluding hydrogens is 436 g/mol. The molecule has 0 spiro atoms. The number of piperidine rings is 1. The number of fused-ring (bicyclic) bond motifs is 4. The van der Waals surface area contributed by atoms with Crippen LogP contribution in [0.2, 0.25) is 0 Å². The number of rotatable bonds is 6. The Morgan fingerprint density at radius 2 is 1.79 bits per heavy atom. The maximum atomic E-state index is 12.7. The fourth-order valence-corrected chi connectivity index (χ4v) is 4.85. The van der Waals surface area contributed by atoms with Gasteiger partial charge in [-0.05, 0) is 30.4 Å². The lowest BCUT2D eigenvalue weighted by Crippen LogP contribution is -2.54. The van der Waals surface area contributed by atoms with Gasteiger partial charge in [-0.2, -0.15) is 0 Å². The van der Waals surface area contributed by atoms with Gasteiger partial charge in [-0.25, -0.2) is 0 Å². The maximum Gasteiger partial charge on any atom is 0.300 e. The second-order valence-electron chi connectivity index (χ2n) is 8.73. The van der Waals surface area contributed by atoms with Crippen LogP contribution >= 0.6 is 0 Å². The van der Waals surface area contributed by atoms with E-state index >= 15 is 0 Å². The minimum absolute atomic E-state index is 0.0120. The molecule has 2 bridgehead atoms. The van der Waals surface area contributed by atoms with Crippen molar-refractivity contribution in [1.82, 2.24) is 14.8 Å². The molecule has 2 aliphatic rings. The molecule has 4 N–H and O–H groups in total. The first-order valence-electron chi connectivity index (χ1n) is 11.5. The zero-order valence-corrected chi connectivity index (χ0v) is 19.4. The van der Waals surface area contributed by atoms with Gasteiger partial charge in [0.1, 0.15) is 0 Å². The fourth-order valence-electron chi connectivity index (χ4n) is 4.85. The summed E-state index contributed by atoms with van der Waals surface area (Å²) in [6, 6.07) is 15.0. The molecule has 9 heteroatoms. The molecule has 9 nitrogen and oxygen atoms in total. The number of aliphatic carboxylic acids is 1. The lowest BCUT2D eigenvalue weighted by molar-refractivity contribution is -0.134. The van der Waals surface area contributed by atoms with Crippen molar-refractivity contribution in [2.24, 2.45) is 11.7 Å². The van der Waals surface area contributed by atoms with E-state index in [0.29, 0.717) is 32.5 Å². The minimum Gasteiger partial charge on any atom is -0.481 e. The summed E-state index contributed by atoms with van der Waals surface area (Å²) in [7, 11) is 0. The molecule has 0 unspecified atom stereocenters. The Morgan fingerprint density at radius 1 is 1.09 bits per heavy atom. The Labute approximate surface area is 198 Å². The Balaban J connectivity index is 0.000000751. The molecule has 182 valence electrons. The van der Waals surface area contributed by atoms with E-state index in [1.165, 1.54) is 0 Å². The van der Waals surface area contributed by atoms with Gasteiger partial charge in [0.2, 0.25) is 11.8 Å². The van der Waals surface area contributed by atoms with Crippen molar-refractivity contribution < 1.29 is 19.5 Å². The second-order valence-corrected chi connectivity index (χ2v) is 8.73. The zero-order chi connectivity index (χ0) is 24.7. The van der Waals surface area contributed by atoms with Crippen LogP contribution in [0.1, 0.15) is 43.0 Å². The third-order valence-electron chi connectivity index (χ3n) is 6.32. The Kier molecular flexibility index (Phi) is 8.59. The number of nitrogens with zero attached hydrogens (tertiary/aromatic N) is 2. The van der Waals surface area contributed by atoms with Crippen LogP contribution in [0.3, 0.4) is 0 Å². The van der Waals surface area contributed by atoms with Gasteiger partial charge in [-0.1, -0.05) is 36.4 Å². The molecule has 1 aromatic heterocycles. The van der Waals surface area contributed by atoms with E-state index in [1.54, 1.807) is 12.1 Å². The van der Waals surface area contributed by atoms with Gasteiger partial charge in [0, 0.05) is 50.7 Å². The van der Waals surface area contributed by atoms with Crippen molar-refractivity contribution in [3.63, 3.8) is 0 Å². The van der Waals surface area contributed by atoms with E-state index in [2.05, 4.69) is 5.32 Å². The van der Waals surface area contributed by atoms with E-state index in [4.69, 9.17) is 15.6 Å². The topological polar surface area (TPSA) is 135 Å². The van der Waals surface area contributed by atoms with Crippen molar-refractivity contribution in [1.29, 1.82) is 0 Å². The summed E-state index contributed by atoms with van der Waals surface area (Å²) in [5, 5.41) is 10.4. The highest BCUT2D eigenvalue weighted by Gasteiger charge is 2.41. The molecule has 4 rings (SSSR count). The monoisotopic (exact) mass is 468 g/mol. The molecule has 3 atom stereocenters. The SMILES string of the molecule is CC(=O)O.NCC(=O)N1C[C@H]2C[C@@H](C1)[C@H](CNC(=O)CCc1ccccc1)n1c2cccc1=O. The van der Waals surface area contributed by atoms with E-state index in [-0.39, 0.29) is 41.8 Å². The number of aromatic nitrogens is 1. The number of hydrogen-bond donors (Lipinski definition) is 3. The Hall–Kier alpha value is -3.46. The zero-order valence-electron chi connectivity index (χ0n) is 19.4. The number of amides is 2. The largest absolute Gasteiger partial charge is 0.481 e. The molecule has 1 aromatic carbocycles. The molecule has 0 saturated carbocycles. The van der Waals surface area contributed by atoms with Crippen molar-refractivity contribution in [3.8, 4) is 0 Å². The van der Waals surface area contributed by atoms with E-state index in [0.717, 1.165) is 24.6 Å². The number of carbonyl (C=O) groups is 3. The number of nitrogens with two attached hydrogens (primary N) is 1. The predicted molar refractivity (Wildman–Crippen MR) is 127 cm³/mol. The Bertz CT molecular complexity index is 1060. The number of benzene rings is 1. The van der Waals surface area contributed by atoms with Gasteiger partial charge >= 0.3 is 0 Å². The van der Waals surface area contributed by atoms with Gasteiger partial charge in [0.15, 0.2) is 0 Å². The lowest BCUT2D eigenvalue weighted by atomic mass is 9.78. The average molecular weight is 469 g/mol. The second kappa shape index (κ2) is 11.6. The highest BCUT2D eigenvalue weighted by atomic mass is 16.4. The number of likely N-dealkylation sites (tertiary alicyclic amines) is 1. The number of aryl methyl sites for hydroxylation is 1. The number of nitrogens with one attached hydrogen (secondary N) is 1. The summed E-state index contributed by atoms with van der Waals surface area (Å²) in [4.78, 5) is 48.2. The third-order valence-corrected chi connectivity index (χ3v) is 6.32. The molecule has 1 saturated heterocycles. The smallest absolute Gasteiger partial charge is 0.300 e. The number of carboxylic acids is 1. The predicted octanol–water partition coefficient (Wildman–Crippen LogP) is 1.13. The molecule has 0 aliphatic carbocycles. The van der Waals surface area contributed by atoms with Crippen LogP contribution in [0.15, 0.2) is 53.3 Å². The molecule has 0 radical (unpaired) electrons. The number of carboxylic acid groups (broad SMARTS) is 1. The number of hydrogen-bond acceptors (Lipinski definition) is 5. The average Bonchev–Trinajstić information content (AvgIpc) is 2.82. The van der Waals surface area contributed by atoms with Gasteiger partial charge in [0.05, 0.1) is 12.6 Å². The highest BCUT2D eigenvalue weighted by Crippen LogP contribution is 2.40. The summed E-state index contributed by atoms with van der Waals surface area (Å²) in [5.74, 6) is -0.696. The van der Waals surface area contributed by atoms with Gasteiger partial charge in [-0.3, -0.25) is 19.2 Å². The molecular formula is C25H32N4O5. The third kappa shape index (κ3) is 6.32. The highest BCUT2D eigenvalue weighted by molar-refractivity contribution is 5.78. The van der Waals surface area contributed by atoms with Crippen LogP contribution in [0.5, 0.6) is 0 Å². The van der Waals surface area contributed by atoms with Crippen LogP contribution in [-0.2, 0) is 20.8 Å². The molecule has 2 amide bonds. The molecule has 1 fully saturated rings. The molecule has 2 aliphatic heterocycles. The summed E-state index contributed by atoms with van der Waals surface area (Å²) >= 11 is 0. The van der Waals surface area contributed by atoms with Gasteiger partial charge in [0.25, 0.3) is 11.5 Å². The first kappa shape index (κ1) is 25.2.